The van der Waals surface area contributed by atoms with Gasteiger partial charge in [-0.25, -0.2) is 4.79 Å². The Morgan fingerprint density at radius 1 is 1.07 bits per heavy atom. The summed E-state index contributed by atoms with van der Waals surface area (Å²) in [6.45, 7) is 7.90. The van der Waals surface area contributed by atoms with Gasteiger partial charge in [0.25, 0.3) is 5.91 Å². The van der Waals surface area contributed by atoms with Gasteiger partial charge in [-0.1, -0.05) is 23.7 Å². The topological polar surface area (TPSA) is 87.9 Å². The number of benzene rings is 2. The van der Waals surface area contributed by atoms with Crippen LogP contribution in [-0.2, 0) is 4.74 Å². The van der Waals surface area contributed by atoms with Crippen molar-refractivity contribution in [2.24, 2.45) is 0 Å². The molecule has 2 aromatic carbocycles. The van der Waals surface area contributed by atoms with Gasteiger partial charge in [0.05, 0.1) is 22.0 Å². The van der Waals surface area contributed by atoms with Gasteiger partial charge >= 0.3 is 6.09 Å². The Morgan fingerprint density at radius 3 is 2.37 bits per heavy atom. The summed E-state index contributed by atoms with van der Waals surface area (Å²) in [4.78, 5) is 28.8. The molecule has 0 radical (unpaired) electrons. The summed E-state index contributed by atoms with van der Waals surface area (Å²) in [7, 11) is 0. The van der Waals surface area contributed by atoms with E-state index in [0.717, 1.165) is 5.69 Å². The summed E-state index contributed by atoms with van der Waals surface area (Å²) >= 11 is 6.28. The summed E-state index contributed by atoms with van der Waals surface area (Å²) in [5.74, 6) is -0.327. The van der Waals surface area contributed by atoms with Gasteiger partial charge in [0.15, 0.2) is 0 Å². The highest BCUT2D eigenvalue weighted by atomic mass is 35.5. The molecule has 0 aromatic heterocycles. The molecule has 30 heavy (non-hydrogen) atoms. The molecule has 0 bridgehead atoms. The van der Waals surface area contributed by atoms with Crippen LogP contribution in [0.25, 0.3) is 0 Å². The predicted octanol–water partition coefficient (Wildman–Crippen LogP) is 4.23. The Kier molecular flexibility index (Phi) is 6.41. The molecule has 0 spiro atoms. The van der Waals surface area contributed by atoms with Crippen LogP contribution in [0.1, 0.15) is 31.1 Å². The lowest BCUT2D eigenvalue weighted by Gasteiger charge is -2.36. The second-order valence-electron chi connectivity index (χ2n) is 8.16. The highest BCUT2D eigenvalue weighted by molar-refractivity contribution is 6.34. The van der Waals surface area contributed by atoms with Crippen molar-refractivity contribution in [1.29, 1.82) is 0 Å². The van der Waals surface area contributed by atoms with E-state index in [0.29, 0.717) is 48.1 Å². The van der Waals surface area contributed by atoms with Crippen LogP contribution in [-0.4, -0.2) is 48.7 Å². The first-order chi connectivity index (χ1) is 14.1. The fraction of sp³-hybridized carbons (Fsp3) is 0.364. The summed E-state index contributed by atoms with van der Waals surface area (Å²) in [6.07, 6.45) is -0.307. The highest BCUT2D eigenvalue weighted by Gasteiger charge is 2.26. The minimum Gasteiger partial charge on any atom is -0.444 e. The lowest BCUT2D eigenvalue weighted by atomic mass is 10.1. The SMILES string of the molecule is CC(C)(C)OC(=O)N1CCN(c2ccc(Cl)c(C(=O)Nc3ccccc3N)c2)CC1. The van der Waals surface area contributed by atoms with Crippen molar-refractivity contribution in [3.05, 3.63) is 53.1 Å². The Morgan fingerprint density at radius 2 is 1.73 bits per heavy atom. The fourth-order valence-corrected chi connectivity index (χ4v) is 3.36. The summed E-state index contributed by atoms with van der Waals surface area (Å²) < 4.78 is 5.44. The molecule has 2 aromatic rings. The quantitative estimate of drug-likeness (QED) is 0.711. The van der Waals surface area contributed by atoms with Crippen LogP contribution in [0.2, 0.25) is 5.02 Å². The average molecular weight is 431 g/mol. The Bertz CT molecular complexity index is 934. The van der Waals surface area contributed by atoms with Crippen LogP contribution in [0.15, 0.2) is 42.5 Å². The summed E-state index contributed by atoms with van der Waals surface area (Å²) in [6, 6.07) is 12.4. The van der Waals surface area contributed by atoms with Gasteiger partial charge < -0.3 is 25.6 Å². The third-order valence-electron chi connectivity index (χ3n) is 4.70. The Labute approximate surface area is 181 Å². The number of nitrogen functional groups attached to an aromatic ring is 1. The first-order valence-corrected chi connectivity index (χ1v) is 10.2. The van der Waals surface area contributed by atoms with E-state index in [4.69, 9.17) is 22.1 Å². The number of piperazine rings is 1. The van der Waals surface area contributed by atoms with Crippen LogP contribution in [0.5, 0.6) is 0 Å². The van der Waals surface area contributed by atoms with Crippen LogP contribution in [0, 0.1) is 0 Å². The zero-order chi connectivity index (χ0) is 21.9. The number of para-hydroxylation sites is 2. The minimum absolute atomic E-state index is 0.307. The maximum Gasteiger partial charge on any atom is 0.410 e. The lowest BCUT2D eigenvalue weighted by molar-refractivity contribution is 0.0240. The van der Waals surface area contributed by atoms with Crippen molar-refractivity contribution in [3.8, 4) is 0 Å². The number of carbonyl (C=O) groups excluding carboxylic acids is 2. The van der Waals surface area contributed by atoms with Gasteiger partial charge in [-0.3, -0.25) is 4.79 Å². The number of carbonyl (C=O) groups is 2. The fourth-order valence-electron chi connectivity index (χ4n) is 3.16. The highest BCUT2D eigenvalue weighted by Crippen LogP contribution is 2.26. The molecule has 160 valence electrons. The molecular weight excluding hydrogens is 404 g/mol. The number of nitrogens with two attached hydrogens (primary N) is 1. The minimum atomic E-state index is -0.519. The number of anilines is 3. The first kappa shape index (κ1) is 21.8. The van der Waals surface area contributed by atoms with E-state index >= 15 is 0 Å². The monoisotopic (exact) mass is 430 g/mol. The van der Waals surface area contributed by atoms with E-state index < -0.39 is 5.60 Å². The van der Waals surface area contributed by atoms with E-state index in [9.17, 15) is 9.59 Å². The van der Waals surface area contributed by atoms with Crippen molar-refractivity contribution in [3.63, 3.8) is 0 Å². The van der Waals surface area contributed by atoms with E-state index in [2.05, 4.69) is 10.2 Å². The largest absolute Gasteiger partial charge is 0.444 e. The van der Waals surface area contributed by atoms with E-state index in [1.54, 1.807) is 41.3 Å². The third-order valence-corrected chi connectivity index (χ3v) is 5.03. The normalized spacial score (nSPS) is 14.4. The van der Waals surface area contributed by atoms with Crippen LogP contribution < -0.4 is 16.0 Å². The number of hydrogen-bond donors (Lipinski definition) is 2. The van der Waals surface area contributed by atoms with Gasteiger partial charge in [-0.2, -0.15) is 0 Å². The van der Waals surface area contributed by atoms with E-state index in [-0.39, 0.29) is 12.0 Å². The Balaban J connectivity index is 1.68. The van der Waals surface area contributed by atoms with Gasteiger partial charge in [-0.05, 0) is 51.1 Å². The average Bonchev–Trinajstić information content (AvgIpc) is 2.69. The van der Waals surface area contributed by atoms with E-state index in [1.807, 2.05) is 26.8 Å². The predicted molar refractivity (Wildman–Crippen MR) is 120 cm³/mol. The number of amides is 2. The van der Waals surface area contributed by atoms with Crippen LogP contribution in [0.3, 0.4) is 0 Å². The number of halogens is 1. The molecule has 0 saturated carbocycles. The molecule has 0 aliphatic carbocycles. The second-order valence-corrected chi connectivity index (χ2v) is 8.57. The molecule has 7 nitrogen and oxygen atoms in total. The molecule has 0 unspecified atom stereocenters. The summed E-state index contributed by atoms with van der Waals surface area (Å²) in [5.41, 5.74) is 7.65. The molecule has 1 heterocycles. The summed E-state index contributed by atoms with van der Waals surface area (Å²) in [5, 5.41) is 3.16. The maximum atomic E-state index is 12.8. The molecule has 1 aliphatic heterocycles. The zero-order valence-corrected chi connectivity index (χ0v) is 18.2. The van der Waals surface area contributed by atoms with Crippen molar-refractivity contribution < 1.29 is 14.3 Å². The molecule has 0 atom stereocenters. The number of rotatable bonds is 3. The second kappa shape index (κ2) is 8.83. The maximum absolute atomic E-state index is 12.8. The lowest BCUT2D eigenvalue weighted by Crippen LogP contribution is -2.50. The van der Waals surface area contributed by atoms with Crippen molar-refractivity contribution in [1.82, 2.24) is 4.90 Å². The molecule has 1 fully saturated rings. The molecule has 3 rings (SSSR count). The van der Waals surface area contributed by atoms with Crippen LogP contribution >= 0.6 is 11.6 Å². The molecule has 8 heteroatoms. The number of ether oxygens (including phenoxy) is 1. The molecule has 1 aliphatic rings. The van der Waals surface area contributed by atoms with E-state index in [1.165, 1.54) is 0 Å². The molecule has 3 N–H and O–H groups in total. The number of nitrogens with zero attached hydrogens (tertiary/aromatic N) is 2. The number of hydrogen-bond acceptors (Lipinski definition) is 5. The van der Waals surface area contributed by atoms with Gasteiger partial charge in [0.2, 0.25) is 0 Å². The van der Waals surface area contributed by atoms with Crippen LogP contribution in [0.4, 0.5) is 21.9 Å². The van der Waals surface area contributed by atoms with Gasteiger partial charge in [0.1, 0.15) is 5.60 Å². The van der Waals surface area contributed by atoms with Gasteiger partial charge in [0, 0.05) is 31.9 Å². The number of nitrogens with one attached hydrogen (secondary N) is 1. The standard InChI is InChI=1S/C22H27ClN4O3/c1-22(2,3)30-21(29)27-12-10-26(11-13-27)15-8-9-17(23)16(14-15)20(28)25-19-7-5-4-6-18(19)24/h4-9,14H,10-13,24H2,1-3H3,(H,25,28). The first-order valence-electron chi connectivity index (χ1n) is 9.82. The molecule has 1 saturated heterocycles. The Hall–Kier alpha value is -2.93. The molecular formula is C22H27ClN4O3. The van der Waals surface area contributed by atoms with Crippen molar-refractivity contribution in [2.75, 3.05) is 42.1 Å². The zero-order valence-electron chi connectivity index (χ0n) is 17.4. The van der Waals surface area contributed by atoms with Crippen molar-refractivity contribution >= 4 is 40.7 Å². The van der Waals surface area contributed by atoms with Gasteiger partial charge in [-0.15, -0.1) is 0 Å². The van der Waals surface area contributed by atoms with Crippen molar-refractivity contribution in [2.45, 2.75) is 26.4 Å². The smallest absolute Gasteiger partial charge is 0.410 e. The molecule has 2 amide bonds. The third kappa shape index (κ3) is 5.36.